The lowest BCUT2D eigenvalue weighted by molar-refractivity contribution is 0.333. The van der Waals surface area contributed by atoms with E-state index < -0.39 is 10.0 Å². The van der Waals surface area contributed by atoms with Crippen LogP contribution in [0.4, 0.5) is 5.69 Å². The van der Waals surface area contributed by atoms with Crippen LogP contribution in [0.1, 0.15) is 0 Å². The van der Waals surface area contributed by atoms with E-state index in [0.717, 1.165) is 0 Å². The lowest BCUT2D eigenvalue weighted by atomic mass is 10.3. The van der Waals surface area contributed by atoms with Gasteiger partial charge in [-0.05, 0) is 12.1 Å². The zero-order chi connectivity index (χ0) is 12.9. The van der Waals surface area contributed by atoms with Crippen molar-refractivity contribution in [2.45, 2.75) is 0 Å². The summed E-state index contributed by atoms with van der Waals surface area (Å²) in [5, 5.41) is 1.37. The molecule has 0 fully saturated rings. The fourth-order valence-corrected chi connectivity index (χ4v) is 2.15. The third-order valence-corrected chi connectivity index (χ3v) is 3.20. The topological polar surface area (TPSA) is 84.7 Å². The number of hydrogen-bond donors (Lipinski definition) is 2. The van der Waals surface area contributed by atoms with Crippen molar-refractivity contribution in [2.75, 3.05) is 32.2 Å². The molecule has 0 aliphatic heterocycles. The minimum Gasteiger partial charge on any atom is -0.490 e. The third kappa shape index (κ3) is 5.03. The van der Waals surface area contributed by atoms with Crippen molar-refractivity contribution in [3.8, 4) is 5.75 Å². The first-order chi connectivity index (χ1) is 7.91. The van der Waals surface area contributed by atoms with Gasteiger partial charge in [-0.15, -0.1) is 4.83 Å². The van der Waals surface area contributed by atoms with Crippen LogP contribution in [-0.2, 0) is 10.0 Å². The molecule has 0 atom stereocenters. The average molecular weight is 259 g/mol. The number of nitrogens with two attached hydrogens (primary N) is 1. The van der Waals surface area contributed by atoms with Crippen LogP contribution in [0.2, 0.25) is 0 Å². The molecule has 0 bridgehead atoms. The van der Waals surface area contributed by atoms with E-state index in [1.165, 1.54) is 5.01 Å². The Bertz CT molecular complexity index is 460. The van der Waals surface area contributed by atoms with Gasteiger partial charge >= 0.3 is 0 Å². The standard InChI is InChI=1S/C10H17N3O3S/c1-13(2)12-17(14,15)8-7-16-10-6-4-3-5-9(10)11/h3-6,12H,7-8,11H2,1-2H3. The Morgan fingerprint density at radius 2 is 2.00 bits per heavy atom. The molecule has 0 amide bonds. The van der Waals surface area contributed by atoms with Crippen LogP contribution in [0.5, 0.6) is 5.75 Å². The number of hydrazine groups is 1. The van der Waals surface area contributed by atoms with Crippen LogP contribution in [0, 0.1) is 0 Å². The minimum absolute atomic E-state index is 0.0530. The fourth-order valence-electron chi connectivity index (χ4n) is 1.20. The highest BCUT2D eigenvalue weighted by Gasteiger charge is 2.11. The van der Waals surface area contributed by atoms with E-state index in [1.807, 2.05) is 0 Å². The number of sulfonamides is 1. The minimum atomic E-state index is -3.35. The van der Waals surface area contributed by atoms with Crippen LogP contribution in [0.3, 0.4) is 0 Å². The van der Waals surface area contributed by atoms with E-state index >= 15 is 0 Å². The van der Waals surface area contributed by atoms with Crippen LogP contribution in [0.15, 0.2) is 24.3 Å². The average Bonchev–Trinajstić information content (AvgIpc) is 2.18. The maximum atomic E-state index is 11.5. The van der Waals surface area contributed by atoms with Crippen LogP contribution in [0.25, 0.3) is 0 Å². The van der Waals surface area contributed by atoms with E-state index in [2.05, 4.69) is 4.83 Å². The molecule has 1 aromatic carbocycles. The van der Waals surface area contributed by atoms with Gasteiger partial charge in [0.25, 0.3) is 0 Å². The van der Waals surface area contributed by atoms with Crippen LogP contribution < -0.4 is 15.3 Å². The summed E-state index contributed by atoms with van der Waals surface area (Å²) in [5.41, 5.74) is 6.14. The first-order valence-corrected chi connectivity index (χ1v) is 6.71. The predicted molar refractivity (Wildman–Crippen MR) is 67.0 cm³/mol. The van der Waals surface area contributed by atoms with Crippen molar-refractivity contribution in [3.63, 3.8) is 0 Å². The number of nitrogen functional groups attached to an aromatic ring is 1. The molecule has 0 radical (unpaired) electrons. The van der Waals surface area contributed by atoms with Gasteiger partial charge in [-0.25, -0.2) is 13.4 Å². The number of hydrogen-bond acceptors (Lipinski definition) is 5. The summed E-state index contributed by atoms with van der Waals surface area (Å²) in [5.74, 6) is 0.368. The van der Waals surface area contributed by atoms with E-state index in [-0.39, 0.29) is 12.4 Å². The van der Waals surface area contributed by atoms with Gasteiger partial charge in [0.2, 0.25) is 10.0 Å². The quantitative estimate of drug-likeness (QED) is 0.557. The van der Waals surface area contributed by atoms with Crippen LogP contribution in [-0.4, -0.2) is 39.9 Å². The maximum Gasteiger partial charge on any atom is 0.227 e. The molecule has 1 aromatic rings. The van der Waals surface area contributed by atoms with Gasteiger partial charge in [0, 0.05) is 14.1 Å². The molecule has 0 spiro atoms. The van der Waals surface area contributed by atoms with Gasteiger partial charge in [0.15, 0.2) is 0 Å². The molecular weight excluding hydrogens is 242 g/mol. The number of nitrogens with one attached hydrogen (secondary N) is 1. The number of anilines is 1. The molecule has 3 N–H and O–H groups in total. The van der Waals surface area contributed by atoms with E-state index in [4.69, 9.17) is 10.5 Å². The Hall–Kier alpha value is -1.31. The number of rotatable bonds is 6. The highest BCUT2D eigenvalue weighted by molar-refractivity contribution is 7.89. The van der Waals surface area contributed by atoms with E-state index in [0.29, 0.717) is 11.4 Å². The van der Waals surface area contributed by atoms with Gasteiger partial charge in [0.05, 0.1) is 11.4 Å². The number of para-hydroxylation sites is 2. The second kappa shape index (κ2) is 5.85. The number of ether oxygens (including phenoxy) is 1. The Morgan fingerprint density at radius 1 is 1.35 bits per heavy atom. The zero-order valence-corrected chi connectivity index (χ0v) is 10.7. The molecule has 0 aromatic heterocycles. The molecule has 0 saturated carbocycles. The second-order valence-electron chi connectivity index (χ2n) is 3.69. The first-order valence-electron chi connectivity index (χ1n) is 5.05. The number of benzene rings is 1. The number of nitrogens with zero attached hydrogens (tertiary/aromatic N) is 1. The molecule has 0 heterocycles. The summed E-state index contributed by atoms with van der Waals surface area (Å²) in [6, 6.07) is 6.95. The molecule has 96 valence electrons. The molecule has 0 aliphatic carbocycles. The van der Waals surface area contributed by atoms with Crippen molar-refractivity contribution in [1.29, 1.82) is 0 Å². The van der Waals surface area contributed by atoms with Gasteiger partial charge in [-0.1, -0.05) is 12.1 Å². The lowest BCUT2D eigenvalue weighted by Crippen LogP contribution is -2.38. The summed E-state index contributed by atoms with van der Waals surface area (Å²) >= 11 is 0. The predicted octanol–water partition coefficient (Wildman–Crippen LogP) is 0.0436. The normalized spacial score (nSPS) is 11.7. The zero-order valence-electron chi connectivity index (χ0n) is 9.88. The van der Waals surface area contributed by atoms with E-state index in [1.54, 1.807) is 38.4 Å². The summed E-state index contributed by atoms with van der Waals surface area (Å²) in [6.07, 6.45) is 0. The van der Waals surface area contributed by atoms with Crippen LogP contribution >= 0.6 is 0 Å². The molecule has 17 heavy (non-hydrogen) atoms. The Balaban J connectivity index is 2.46. The third-order valence-electron chi connectivity index (χ3n) is 1.85. The maximum absolute atomic E-state index is 11.5. The van der Waals surface area contributed by atoms with Crippen molar-refractivity contribution in [1.82, 2.24) is 9.84 Å². The Labute approximate surface area is 101 Å². The summed E-state index contributed by atoms with van der Waals surface area (Å²) < 4.78 is 28.2. The molecule has 0 aliphatic rings. The summed E-state index contributed by atoms with van der Waals surface area (Å²) in [4.78, 5) is 2.31. The van der Waals surface area contributed by atoms with Crippen molar-refractivity contribution >= 4 is 15.7 Å². The molecule has 1 rings (SSSR count). The van der Waals surface area contributed by atoms with Crippen molar-refractivity contribution in [3.05, 3.63) is 24.3 Å². The van der Waals surface area contributed by atoms with Crippen molar-refractivity contribution < 1.29 is 13.2 Å². The molecule has 0 unspecified atom stereocenters. The van der Waals surface area contributed by atoms with Gasteiger partial charge in [-0.3, -0.25) is 0 Å². The molecule has 0 saturated heterocycles. The fraction of sp³-hybridized carbons (Fsp3) is 0.400. The highest BCUT2D eigenvalue weighted by atomic mass is 32.2. The monoisotopic (exact) mass is 259 g/mol. The van der Waals surface area contributed by atoms with Crippen molar-refractivity contribution in [2.24, 2.45) is 0 Å². The summed E-state index contributed by atoms with van der Waals surface area (Å²) in [7, 11) is -0.144. The lowest BCUT2D eigenvalue weighted by Gasteiger charge is -2.13. The highest BCUT2D eigenvalue weighted by Crippen LogP contribution is 2.19. The SMILES string of the molecule is CN(C)NS(=O)(=O)CCOc1ccccc1N. The second-order valence-corrected chi connectivity index (χ2v) is 5.51. The molecule has 7 heteroatoms. The smallest absolute Gasteiger partial charge is 0.227 e. The van der Waals surface area contributed by atoms with Gasteiger partial charge in [-0.2, -0.15) is 0 Å². The largest absolute Gasteiger partial charge is 0.490 e. The Morgan fingerprint density at radius 3 is 2.59 bits per heavy atom. The van der Waals surface area contributed by atoms with Gasteiger partial charge in [0.1, 0.15) is 12.4 Å². The van der Waals surface area contributed by atoms with Gasteiger partial charge < -0.3 is 10.5 Å². The summed E-state index contributed by atoms with van der Waals surface area (Å²) in [6.45, 7) is 0.0530. The molecular formula is C10H17N3O3S. The first kappa shape index (κ1) is 13.8. The Kier molecular flexibility index (Phi) is 4.73. The van der Waals surface area contributed by atoms with E-state index in [9.17, 15) is 8.42 Å². The molecule has 6 nitrogen and oxygen atoms in total.